The molecule has 2 N–H and O–H groups in total. The number of piperidine rings is 1. The molecule has 4 nitrogen and oxygen atoms in total. The molecule has 0 aromatic rings. The van der Waals surface area contributed by atoms with Crippen molar-refractivity contribution in [3.05, 3.63) is 0 Å². The number of nitrogens with one attached hydrogen (secondary N) is 2. The summed E-state index contributed by atoms with van der Waals surface area (Å²) in [5.74, 6) is -3.35. The monoisotopic (exact) mass is 242 g/mol. The van der Waals surface area contributed by atoms with E-state index in [4.69, 9.17) is 0 Å². The lowest BCUT2D eigenvalue weighted by Crippen LogP contribution is -2.47. The zero-order chi connectivity index (χ0) is 11.5. The third-order valence-electron chi connectivity index (χ3n) is 2.48. The van der Waals surface area contributed by atoms with Crippen LogP contribution in [-0.2, 0) is 10.0 Å². The summed E-state index contributed by atoms with van der Waals surface area (Å²) in [6.45, 7) is 2.03. The minimum atomic E-state index is -4.44. The van der Waals surface area contributed by atoms with Gasteiger partial charge in [-0.2, -0.15) is 8.78 Å². The summed E-state index contributed by atoms with van der Waals surface area (Å²) < 4.78 is 47.4. The molecule has 2 unspecified atom stereocenters. The fourth-order valence-corrected chi connectivity index (χ4v) is 2.24. The summed E-state index contributed by atoms with van der Waals surface area (Å²) in [4.78, 5) is 0. The molecule has 0 radical (unpaired) electrons. The second-order valence-electron chi connectivity index (χ2n) is 3.85. The molecule has 0 saturated carbocycles. The van der Waals surface area contributed by atoms with E-state index >= 15 is 0 Å². The molecule has 7 heteroatoms. The molecule has 1 aliphatic heterocycles. The summed E-state index contributed by atoms with van der Waals surface area (Å²) in [6.07, 6.45) is 2.85. The number of hydrogen-bond donors (Lipinski definition) is 2. The standard InChI is InChI=1S/C8H16F2N2O2S/c1-6-3-2-4-7(12-6)5-11-15(13,14)8(9)10/h6-8,11-12H,2-5H2,1H3. The largest absolute Gasteiger partial charge is 0.350 e. The summed E-state index contributed by atoms with van der Waals surface area (Å²) in [5, 5.41) is 3.16. The van der Waals surface area contributed by atoms with Crippen molar-refractivity contribution < 1.29 is 17.2 Å². The first-order valence-electron chi connectivity index (χ1n) is 4.94. The minimum absolute atomic E-state index is 0.0387. The van der Waals surface area contributed by atoms with Crippen LogP contribution < -0.4 is 10.0 Å². The van der Waals surface area contributed by atoms with Crippen LogP contribution in [0.4, 0.5) is 8.78 Å². The topological polar surface area (TPSA) is 58.2 Å². The van der Waals surface area contributed by atoms with Crippen molar-refractivity contribution >= 4 is 10.0 Å². The first-order chi connectivity index (χ1) is 6.92. The van der Waals surface area contributed by atoms with Gasteiger partial charge in [0.05, 0.1) is 0 Å². The summed E-state index contributed by atoms with van der Waals surface area (Å²) >= 11 is 0. The lowest BCUT2D eigenvalue weighted by molar-refractivity contribution is 0.231. The Hall–Kier alpha value is -0.270. The summed E-state index contributed by atoms with van der Waals surface area (Å²) in [6, 6.07) is 0.280. The highest BCUT2D eigenvalue weighted by atomic mass is 32.2. The van der Waals surface area contributed by atoms with Gasteiger partial charge in [0.15, 0.2) is 0 Å². The molecule has 0 aromatic heterocycles. The summed E-state index contributed by atoms with van der Waals surface area (Å²) in [5.41, 5.74) is 0. The Morgan fingerprint density at radius 2 is 2.13 bits per heavy atom. The van der Waals surface area contributed by atoms with E-state index in [1.165, 1.54) is 0 Å². The second-order valence-corrected chi connectivity index (χ2v) is 5.58. The van der Waals surface area contributed by atoms with Gasteiger partial charge in [-0.05, 0) is 19.8 Å². The molecule has 0 amide bonds. The van der Waals surface area contributed by atoms with E-state index in [2.05, 4.69) is 5.32 Å². The van der Waals surface area contributed by atoms with Crippen molar-refractivity contribution in [3.8, 4) is 0 Å². The second kappa shape index (κ2) is 5.18. The zero-order valence-corrected chi connectivity index (χ0v) is 9.36. The van der Waals surface area contributed by atoms with Crippen molar-refractivity contribution in [2.75, 3.05) is 6.54 Å². The lowest BCUT2D eigenvalue weighted by Gasteiger charge is -2.28. The van der Waals surface area contributed by atoms with Gasteiger partial charge in [-0.25, -0.2) is 13.1 Å². The highest BCUT2D eigenvalue weighted by Gasteiger charge is 2.25. The van der Waals surface area contributed by atoms with Crippen molar-refractivity contribution in [1.82, 2.24) is 10.0 Å². The molecule has 15 heavy (non-hydrogen) atoms. The smallest absolute Gasteiger partial charge is 0.310 e. The predicted octanol–water partition coefficient (Wildman–Crippen LogP) is 0.659. The minimum Gasteiger partial charge on any atom is -0.310 e. The van der Waals surface area contributed by atoms with Gasteiger partial charge in [-0.1, -0.05) is 6.42 Å². The quantitative estimate of drug-likeness (QED) is 0.761. The van der Waals surface area contributed by atoms with Crippen LogP contribution in [-0.4, -0.2) is 32.8 Å². The number of halogens is 2. The Kier molecular flexibility index (Phi) is 4.42. The van der Waals surface area contributed by atoms with Crippen LogP contribution in [0.15, 0.2) is 0 Å². The van der Waals surface area contributed by atoms with Gasteiger partial charge in [0.1, 0.15) is 0 Å². The summed E-state index contributed by atoms with van der Waals surface area (Å²) in [7, 11) is -4.44. The predicted molar refractivity (Wildman–Crippen MR) is 53.2 cm³/mol. The number of rotatable bonds is 4. The van der Waals surface area contributed by atoms with Crippen molar-refractivity contribution in [2.45, 2.75) is 44.0 Å². The van der Waals surface area contributed by atoms with E-state index < -0.39 is 15.8 Å². The van der Waals surface area contributed by atoms with Gasteiger partial charge in [-0.3, -0.25) is 0 Å². The van der Waals surface area contributed by atoms with E-state index in [9.17, 15) is 17.2 Å². The molecular weight excluding hydrogens is 226 g/mol. The zero-order valence-electron chi connectivity index (χ0n) is 8.54. The Morgan fingerprint density at radius 1 is 1.47 bits per heavy atom. The molecule has 1 heterocycles. The maximum Gasteiger partial charge on any atom is 0.350 e. The molecule has 0 bridgehead atoms. The maximum atomic E-state index is 12.0. The van der Waals surface area contributed by atoms with Crippen LogP contribution in [0.3, 0.4) is 0 Å². The average Bonchev–Trinajstić information content (AvgIpc) is 2.15. The lowest BCUT2D eigenvalue weighted by atomic mass is 10.00. The Labute approximate surface area is 88.5 Å². The molecular formula is C8H16F2N2O2S. The van der Waals surface area contributed by atoms with E-state index in [-0.39, 0.29) is 12.6 Å². The normalized spacial score (nSPS) is 28.3. The van der Waals surface area contributed by atoms with E-state index in [1.54, 1.807) is 0 Å². The fourth-order valence-electron chi connectivity index (χ4n) is 1.68. The Balaban J connectivity index is 2.37. The SMILES string of the molecule is CC1CCCC(CNS(=O)(=O)C(F)F)N1. The van der Waals surface area contributed by atoms with E-state index in [0.717, 1.165) is 19.3 Å². The van der Waals surface area contributed by atoms with Crippen LogP contribution in [0.5, 0.6) is 0 Å². The van der Waals surface area contributed by atoms with Gasteiger partial charge in [0, 0.05) is 18.6 Å². The number of alkyl halides is 2. The van der Waals surface area contributed by atoms with Crippen molar-refractivity contribution in [1.29, 1.82) is 0 Å². The van der Waals surface area contributed by atoms with Crippen LogP contribution in [0.1, 0.15) is 26.2 Å². The fraction of sp³-hybridized carbons (Fsp3) is 1.00. The highest BCUT2D eigenvalue weighted by Crippen LogP contribution is 2.12. The molecule has 2 atom stereocenters. The molecule has 0 aliphatic carbocycles. The first-order valence-corrected chi connectivity index (χ1v) is 6.49. The van der Waals surface area contributed by atoms with Gasteiger partial charge in [-0.15, -0.1) is 0 Å². The van der Waals surface area contributed by atoms with Crippen molar-refractivity contribution in [3.63, 3.8) is 0 Å². The van der Waals surface area contributed by atoms with Gasteiger partial charge < -0.3 is 5.32 Å². The van der Waals surface area contributed by atoms with E-state index in [0.29, 0.717) is 6.04 Å². The molecule has 90 valence electrons. The molecule has 0 aromatic carbocycles. The van der Waals surface area contributed by atoms with E-state index in [1.807, 2.05) is 11.6 Å². The van der Waals surface area contributed by atoms with Gasteiger partial charge in [0.25, 0.3) is 10.0 Å². The third kappa shape index (κ3) is 4.00. The highest BCUT2D eigenvalue weighted by molar-refractivity contribution is 7.89. The molecule has 1 fully saturated rings. The van der Waals surface area contributed by atoms with Crippen LogP contribution >= 0.6 is 0 Å². The molecule has 1 saturated heterocycles. The van der Waals surface area contributed by atoms with Crippen LogP contribution in [0.2, 0.25) is 0 Å². The third-order valence-corrected chi connectivity index (χ3v) is 3.51. The first kappa shape index (κ1) is 12.8. The Morgan fingerprint density at radius 3 is 2.67 bits per heavy atom. The van der Waals surface area contributed by atoms with Crippen molar-refractivity contribution in [2.24, 2.45) is 0 Å². The average molecular weight is 242 g/mol. The molecule has 0 spiro atoms. The maximum absolute atomic E-state index is 12.0. The van der Waals surface area contributed by atoms with Gasteiger partial charge in [0.2, 0.25) is 0 Å². The molecule has 1 rings (SSSR count). The number of hydrogen-bond acceptors (Lipinski definition) is 3. The Bertz CT molecular complexity index is 295. The molecule has 1 aliphatic rings. The van der Waals surface area contributed by atoms with Crippen LogP contribution in [0, 0.1) is 0 Å². The number of sulfonamides is 1. The van der Waals surface area contributed by atoms with Gasteiger partial charge >= 0.3 is 5.76 Å². The van der Waals surface area contributed by atoms with Crippen LogP contribution in [0.25, 0.3) is 0 Å².